The Morgan fingerprint density at radius 1 is 0.783 bits per heavy atom. The number of amides is 5. The molecule has 14 heteroatoms. The molecule has 1 unspecified atom stereocenters. The minimum Gasteiger partial charge on any atom is -0.459 e. The molecule has 0 aromatic heterocycles. The molecule has 0 bridgehead atoms. The van der Waals surface area contributed by atoms with Crippen molar-refractivity contribution in [1.82, 2.24) is 21.3 Å². The number of esters is 1. The predicted molar refractivity (Wildman–Crippen MR) is 168 cm³/mol. The van der Waals surface area contributed by atoms with Crippen LogP contribution in [-0.2, 0) is 46.5 Å². The van der Waals surface area contributed by atoms with Gasteiger partial charge in [0.05, 0.1) is 13.0 Å². The van der Waals surface area contributed by atoms with Crippen molar-refractivity contribution in [3.63, 3.8) is 0 Å². The number of carbonyl (C=O) groups excluding carboxylic acids is 6. The fraction of sp³-hybridized carbons (Fsp3) is 0.438. The van der Waals surface area contributed by atoms with E-state index >= 15 is 0 Å². The molecule has 2 aromatic rings. The Kier molecular flexibility index (Phi) is 14.3. The third-order valence-corrected chi connectivity index (χ3v) is 6.97. The van der Waals surface area contributed by atoms with Gasteiger partial charge in [-0.2, -0.15) is 0 Å². The number of hydrogen-bond donors (Lipinski definition) is 7. The van der Waals surface area contributed by atoms with Crippen LogP contribution in [0.15, 0.2) is 60.7 Å². The van der Waals surface area contributed by atoms with Crippen molar-refractivity contribution >= 4 is 35.5 Å². The zero-order valence-electron chi connectivity index (χ0n) is 26.4. The zero-order valence-corrected chi connectivity index (χ0v) is 26.4. The van der Waals surface area contributed by atoms with Gasteiger partial charge < -0.3 is 42.6 Å². The fourth-order valence-corrected chi connectivity index (χ4v) is 4.14. The van der Waals surface area contributed by atoms with Crippen molar-refractivity contribution in [3.8, 4) is 0 Å². The van der Waals surface area contributed by atoms with E-state index < -0.39 is 84.2 Å². The highest BCUT2D eigenvalue weighted by atomic mass is 16.5. The maximum absolute atomic E-state index is 13.5. The standard InChI is InChI=1S/C32H44N6O8/c1-19(2)26(38-28(42)24(16-25(33)40)37-31(45)32(4,34)18-39)29(43)36-23(15-21-11-7-5-8-12-21)27(41)35-20(3)30(44)46-17-22-13-9-6-10-14-22/h5-14,19-20,23-24,26,39H,15-18,34H2,1-4H3,(H2,33,40)(H,35,41)(H,36,43)(H,37,45)(H,38,42)/t20-,23-,24-,26-,32?/m0/s1. The second kappa shape index (κ2) is 17.6. The third kappa shape index (κ3) is 11.9. The summed E-state index contributed by atoms with van der Waals surface area (Å²) in [4.78, 5) is 76.9. The Morgan fingerprint density at radius 2 is 1.33 bits per heavy atom. The van der Waals surface area contributed by atoms with Crippen LogP contribution < -0.4 is 32.7 Å². The number of aliphatic hydroxyl groups is 1. The first-order valence-electron chi connectivity index (χ1n) is 14.8. The average molecular weight is 641 g/mol. The van der Waals surface area contributed by atoms with Gasteiger partial charge in [0.2, 0.25) is 29.5 Å². The number of aliphatic hydroxyl groups excluding tert-OH is 1. The van der Waals surface area contributed by atoms with Gasteiger partial charge in [-0.15, -0.1) is 0 Å². The summed E-state index contributed by atoms with van der Waals surface area (Å²) in [5.74, 6) is -5.33. The van der Waals surface area contributed by atoms with E-state index in [-0.39, 0.29) is 13.0 Å². The van der Waals surface area contributed by atoms with Crippen molar-refractivity contribution < 1.29 is 38.6 Å². The van der Waals surface area contributed by atoms with Crippen LogP contribution >= 0.6 is 0 Å². The molecule has 46 heavy (non-hydrogen) atoms. The molecule has 14 nitrogen and oxygen atoms in total. The highest BCUT2D eigenvalue weighted by Gasteiger charge is 2.35. The van der Waals surface area contributed by atoms with E-state index in [0.29, 0.717) is 5.56 Å². The molecule has 250 valence electrons. The summed E-state index contributed by atoms with van der Waals surface area (Å²) in [6.45, 7) is 5.25. The Bertz CT molecular complexity index is 1350. The first-order chi connectivity index (χ1) is 21.6. The van der Waals surface area contributed by atoms with Crippen LogP contribution in [0.1, 0.15) is 45.2 Å². The highest BCUT2D eigenvalue weighted by molar-refractivity contribution is 5.97. The number of ether oxygens (including phenoxy) is 1. The number of rotatable bonds is 17. The van der Waals surface area contributed by atoms with E-state index in [1.165, 1.54) is 13.8 Å². The van der Waals surface area contributed by atoms with Gasteiger partial charge in [-0.05, 0) is 30.9 Å². The summed E-state index contributed by atoms with van der Waals surface area (Å²) in [7, 11) is 0. The van der Waals surface area contributed by atoms with Gasteiger partial charge in [0.25, 0.3) is 0 Å². The monoisotopic (exact) mass is 640 g/mol. The van der Waals surface area contributed by atoms with E-state index in [9.17, 15) is 33.9 Å². The first-order valence-corrected chi connectivity index (χ1v) is 14.8. The summed E-state index contributed by atoms with van der Waals surface area (Å²) < 4.78 is 5.32. The molecule has 0 saturated heterocycles. The van der Waals surface area contributed by atoms with Gasteiger partial charge in [-0.3, -0.25) is 24.0 Å². The molecule has 9 N–H and O–H groups in total. The van der Waals surface area contributed by atoms with Crippen LogP contribution in [0.4, 0.5) is 0 Å². The van der Waals surface area contributed by atoms with E-state index in [1.54, 1.807) is 68.4 Å². The van der Waals surface area contributed by atoms with Crippen LogP contribution in [0.3, 0.4) is 0 Å². The number of nitrogens with one attached hydrogen (secondary N) is 4. The lowest BCUT2D eigenvalue weighted by molar-refractivity contribution is -0.148. The van der Waals surface area contributed by atoms with Crippen LogP contribution in [0, 0.1) is 5.92 Å². The van der Waals surface area contributed by atoms with Crippen molar-refractivity contribution in [2.45, 2.75) is 76.8 Å². The number of nitrogens with two attached hydrogens (primary N) is 2. The molecule has 0 spiro atoms. The molecule has 0 aliphatic rings. The normalized spacial score (nSPS) is 14.8. The zero-order chi connectivity index (χ0) is 34.4. The fourth-order valence-electron chi connectivity index (χ4n) is 4.14. The predicted octanol–water partition coefficient (Wildman–Crippen LogP) is -0.827. The molecule has 0 radical (unpaired) electrons. The van der Waals surface area contributed by atoms with Gasteiger partial charge in [0, 0.05) is 6.42 Å². The second-order valence-electron chi connectivity index (χ2n) is 11.6. The van der Waals surface area contributed by atoms with Crippen LogP contribution in [0.2, 0.25) is 0 Å². The van der Waals surface area contributed by atoms with E-state index in [2.05, 4.69) is 21.3 Å². The molecule has 0 aliphatic heterocycles. The molecule has 2 aromatic carbocycles. The molecule has 0 aliphatic carbocycles. The molecule has 5 amide bonds. The Morgan fingerprint density at radius 3 is 1.85 bits per heavy atom. The Balaban J connectivity index is 2.20. The van der Waals surface area contributed by atoms with E-state index in [4.69, 9.17) is 16.2 Å². The smallest absolute Gasteiger partial charge is 0.328 e. The maximum Gasteiger partial charge on any atom is 0.328 e. The van der Waals surface area contributed by atoms with Crippen LogP contribution in [0.5, 0.6) is 0 Å². The third-order valence-electron chi connectivity index (χ3n) is 6.97. The number of hydrogen-bond acceptors (Lipinski definition) is 9. The minimum absolute atomic E-state index is 0.0154. The summed E-state index contributed by atoms with van der Waals surface area (Å²) in [5, 5.41) is 19.4. The molecular weight excluding hydrogens is 596 g/mol. The topological polar surface area (TPSA) is 232 Å². The lowest BCUT2D eigenvalue weighted by Gasteiger charge is -2.29. The number of carbonyl (C=O) groups is 6. The molecule has 5 atom stereocenters. The lowest BCUT2D eigenvalue weighted by atomic mass is 9.99. The van der Waals surface area contributed by atoms with Crippen molar-refractivity contribution in [3.05, 3.63) is 71.8 Å². The van der Waals surface area contributed by atoms with Gasteiger partial charge in [-0.25, -0.2) is 4.79 Å². The quantitative estimate of drug-likeness (QED) is 0.107. The minimum atomic E-state index is -1.76. The number of benzene rings is 2. The Hall–Kier alpha value is -4.82. The highest BCUT2D eigenvalue weighted by Crippen LogP contribution is 2.09. The summed E-state index contributed by atoms with van der Waals surface area (Å²) in [6, 6.07) is 12.9. The van der Waals surface area contributed by atoms with E-state index in [0.717, 1.165) is 5.56 Å². The van der Waals surface area contributed by atoms with Crippen LogP contribution in [0.25, 0.3) is 0 Å². The van der Waals surface area contributed by atoms with E-state index in [1.807, 2.05) is 6.07 Å². The SMILES string of the molecule is CC(C)[C@H](NC(=O)[C@H](CC(N)=O)NC(=O)C(C)(N)CO)C(=O)N[C@@H](Cc1ccccc1)C(=O)N[C@@H](C)C(=O)OCc1ccccc1. The lowest BCUT2D eigenvalue weighted by Crippen LogP contribution is -2.62. The first kappa shape index (κ1) is 37.4. The summed E-state index contributed by atoms with van der Waals surface area (Å²) in [5.41, 5.74) is 10.7. The summed E-state index contributed by atoms with van der Waals surface area (Å²) in [6.07, 6.45) is -0.553. The summed E-state index contributed by atoms with van der Waals surface area (Å²) >= 11 is 0. The average Bonchev–Trinajstić information content (AvgIpc) is 3.01. The van der Waals surface area contributed by atoms with Crippen molar-refractivity contribution in [2.24, 2.45) is 17.4 Å². The largest absolute Gasteiger partial charge is 0.459 e. The van der Waals surface area contributed by atoms with Gasteiger partial charge in [0.1, 0.15) is 36.3 Å². The Labute approximate surface area is 268 Å². The van der Waals surface area contributed by atoms with Crippen molar-refractivity contribution in [1.29, 1.82) is 0 Å². The molecule has 2 rings (SSSR count). The second-order valence-corrected chi connectivity index (χ2v) is 11.6. The van der Waals surface area contributed by atoms with Gasteiger partial charge in [-0.1, -0.05) is 74.5 Å². The van der Waals surface area contributed by atoms with Crippen LogP contribution in [-0.4, -0.2) is 76.9 Å². The van der Waals surface area contributed by atoms with Crippen molar-refractivity contribution in [2.75, 3.05) is 6.61 Å². The molecule has 0 heterocycles. The molecule has 0 fully saturated rings. The van der Waals surface area contributed by atoms with Gasteiger partial charge in [0.15, 0.2) is 0 Å². The van der Waals surface area contributed by atoms with Gasteiger partial charge >= 0.3 is 5.97 Å². The molecular formula is C32H44N6O8. The number of primary amides is 1. The molecule has 0 saturated carbocycles. The maximum atomic E-state index is 13.5.